The summed E-state index contributed by atoms with van der Waals surface area (Å²) in [4.78, 5) is 81.0. The van der Waals surface area contributed by atoms with Crippen molar-refractivity contribution in [3.8, 4) is 22.8 Å². The molecular weight excluding hydrogens is 780 g/mol. The van der Waals surface area contributed by atoms with E-state index in [1.807, 2.05) is 18.7 Å². The lowest BCUT2D eigenvalue weighted by atomic mass is 10.0. The minimum atomic E-state index is -1.07. The minimum absolute atomic E-state index is 0.0295. The van der Waals surface area contributed by atoms with Crippen LogP contribution < -0.4 is 26.0 Å². The Hall–Kier alpha value is -6.18. The summed E-state index contributed by atoms with van der Waals surface area (Å²) in [5, 5.41) is 23.6. The molecule has 60 heavy (non-hydrogen) atoms. The summed E-state index contributed by atoms with van der Waals surface area (Å²) in [7, 11) is 0. The number of carbonyl (C=O) groups is 6. The molecule has 19 nitrogen and oxygen atoms in total. The number of carbonyl (C=O) groups excluding carboxylic acids is 6. The molecule has 3 aliphatic rings. The molecule has 2 saturated heterocycles. The van der Waals surface area contributed by atoms with Crippen LogP contribution in [0, 0.1) is 5.92 Å². The number of aromatic hydroxyl groups is 1. The maximum atomic E-state index is 13.5. The van der Waals surface area contributed by atoms with Gasteiger partial charge in [-0.05, 0) is 42.7 Å². The van der Waals surface area contributed by atoms with Crippen LogP contribution in [0.5, 0.6) is 11.5 Å². The molecule has 0 spiro atoms. The number of nitrogen functional groups attached to an aromatic ring is 1. The van der Waals surface area contributed by atoms with Crippen LogP contribution in [-0.4, -0.2) is 145 Å². The Morgan fingerprint density at radius 1 is 0.867 bits per heavy atom. The summed E-state index contributed by atoms with van der Waals surface area (Å²) in [6.45, 7) is 7.06. The minimum Gasteiger partial charge on any atom is -0.507 e. The molecule has 320 valence electrons. The van der Waals surface area contributed by atoms with Crippen LogP contribution in [0.1, 0.15) is 53.8 Å². The molecule has 6 amide bonds. The maximum Gasteiger partial charge on any atom is 0.266 e. The van der Waals surface area contributed by atoms with Gasteiger partial charge < -0.3 is 44.9 Å². The first-order valence-corrected chi connectivity index (χ1v) is 19.9. The molecule has 0 saturated carbocycles. The van der Waals surface area contributed by atoms with Gasteiger partial charge in [0.25, 0.3) is 11.8 Å². The van der Waals surface area contributed by atoms with Gasteiger partial charge in [-0.15, -0.1) is 10.2 Å². The third kappa shape index (κ3) is 10.3. The number of nitrogens with zero attached hydrogens (tertiary/aromatic N) is 5. The molecule has 4 heterocycles. The third-order valence-corrected chi connectivity index (χ3v) is 10.3. The highest BCUT2D eigenvalue weighted by Gasteiger charge is 2.46. The molecule has 19 heteroatoms. The van der Waals surface area contributed by atoms with Gasteiger partial charge in [0.2, 0.25) is 23.6 Å². The number of benzene rings is 2. The number of hydrogen-bond donors (Lipinski definition) is 4. The number of ether oxygens (including phenoxy) is 4. The van der Waals surface area contributed by atoms with Crippen molar-refractivity contribution in [2.24, 2.45) is 5.92 Å². The van der Waals surface area contributed by atoms with Crippen LogP contribution >= 0.6 is 0 Å². The van der Waals surface area contributed by atoms with Gasteiger partial charge in [-0.2, -0.15) is 0 Å². The van der Waals surface area contributed by atoms with Crippen molar-refractivity contribution in [1.29, 1.82) is 0 Å². The Bertz CT molecular complexity index is 2070. The van der Waals surface area contributed by atoms with Gasteiger partial charge >= 0.3 is 0 Å². The fourth-order valence-electron chi connectivity index (χ4n) is 7.11. The fourth-order valence-corrected chi connectivity index (χ4v) is 7.11. The number of nitrogens with two attached hydrogens (primary N) is 1. The number of imide groups is 2. The number of anilines is 2. The smallest absolute Gasteiger partial charge is 0.266 e. The predicted octanol–water partition coefficient (Wildman–Crippen LogP) is 1.14. The van der Waals surface area contributed by atoms with Gasteiger partial charge in [-0.3, -0.25) is 39.0 Å². The van der Waals surface area contributed by atoms with Crippen LogP contribution in [0.25, 0.3) is 11.3 Å². The van der Waals surface area contributed by atoms with E-state index < -0.39 is 35.7 Å². The van der Waals surface area contributed by atoms with Gasteiger partial charge in [-0.25, -0.2) is 0 Å². The lowest BCUT2D eigenvalue weighted by molar-refractivity contribution is -0.138. The zero-order valence-corrected chi connectivity index (χ0v) is 33.6. The highest BCUT2D eigenvalue weighted by Crippen LogP contribution is 2.34. The Labute approximate surface area is 346 Å². The molecule has 2 unspecified atom stereocenters. The fraction of sp³-hybridized carbons (Fsp3) is 0.463. The van der Waals surface area contributed by atoms with E-state index in [4.69, 9.17) is 24.7 Å². The number of aromatic nitrogens is 2. The summed E-state index contributed by atoms with van der Waals surface area (Å²) in [6.07, 6.45) is 0.160. The van der Waals surface area contributed by atoms with Crippen molar-refractivity contribution in [2.75, 3.05) is 83.1 Å². The second kappa shape index (κ2) is 20.2. The lowest BCUT2D eigenvalue weighted by Crippen LogP contribution is -2.56. The molecular formula is C41H50N8O11. The first-order chi connectivity index (χ1) is 28.9. The van der Waals surface area contributed by atoms with E-state index in [2.05, 4.69) is 20.8 Å². The largest absolute Gasteiger partial charge is 0.507 e. The van der Waals surface area contributed by atoms with Crippen LogP contribution in [0.3, 0.4) is 0 Å². The number of rotatable bonds is 19. The standard InChI is InChI=1S/C41H50N8O11/c1-25(2)36(41(56)48-15-13-47(14-16-48)30-24-28(45-46-37(30)42)26-6-3-4-8-31(26)50)43-34(52)12-17-57-18-19-58-20-21-59-22-23-60-32-9-5-7-27-35(32)40(55)49(39(27)54)29-10-11-33(51)44-38(29)53/h3-9,24-25,29,36,50H,10-23H2,1-2H3,(H2,42,46)(H,43,52)(H,44,51,53). The predicted molar refractivity (Wildman–Crippen MR) is 215 cm³/mol. The molecule has 2 atom stereocenters. The number of piperazine rings is 1. The van der Waals surface area contributed by atoms with E-state index in [-0.39, 0.29) is 112 Å². The number of nitrogens with one attached hydrogen (secondary N) is 2. The lowest BCUT2D eigenvalue weighted by Gasteiger charge is -2.38. The summed E-state index contributed by atoms with van der Waals surface area (Å²) >= 11 is 0. The van der Waals surface area contributed by atoms with Gasteiger partial charge in [0.1, 0.15) is 30.2 Å². The number of piperidine rings is 1. The second-order valence-electron chi connectivity index (χ2n) is 14.7. The molecule has 3 aromatic rings. The number of fused-ring (bicyclic) bond motifs is 1. The number of phenolic OH excluding ortho intramolecular Hbond substituents is 1. The van der Waals surface area contributed by atoms with Gasteiger partial charge in [0.05, 0.1) is 62.1 Å². The quantitative estimate of drug-likeness (QED) is 0.0978. The summed E-state index contributed by atoms with van der Waals surface area (Å²) in [5.41, 5.74) is 8.06. The van der Waals surface area contributed by atoms with Crippen molar-refractivity contribution in [1.82, 2.24) is 30.6 Å². The average Bonchev–Trinajstić information content (AvgIpc) is 3.49. The van der Waals surface area contributed by atoms with Gasteiger partial charge in [0.15, 0.2) is 5.82 Å². The van der Waals surface area contributed by atoms with E-state index >= 15 is 0 Å². The first-order valence-electron chi connectivity index (χ1n) is 19.9. The number of phenols is 1. The van der Waals surface area contributed by atoms with Gasteiger partial charge in [-0.1, -0.05) is 32.0 Å². The molecule has 5 N–H and O–H groups in total. The highest BCUT2D eigenvalue weighted by molar-refractivity contribution is 6.24. The monoisotopic (exact) mass is 830 g/mol. The maximum absolute atomic E-state index is 13.5. The molecule has 0 aliphatic carbocycles. The average molecular weight is 831 g/mol. The van der Waals surface area contributed by atoms with Crippen molar-refractivity contribution in [3.05, 3.63) is 59.7 Å². The number of para-hydroxylation sites is 1. The first kappa shape index (κ1) is 43.4. The summed E-state index contributed by atoms with van der Waals surface area (Å²) < 4.78 is 22.4. The zero-order valence-electron chi connectivity index (χ0n) is 33.6. The molecule has 0 bridgehead atoms. The van der Waals surface area contributed by atoms with E-state index in [0.29, 0.717) is 43.1 Å². The van der Waals surface area contributed by atoms with Crippen molar-refractivity contribution in [3.63, 3.8) is 0 Å². The molecule has 2 fully saturated rings. The molecule has 2 aromatic carbocycles. The second-order valence-corrected chi connectivity index (χ2v) is 14.7. The zero-order chi connectivity index (χ0) is 42.8. The highest BCUT2D eigenvalue weighted by atomic mass is 16.6. The normalized spacial score (nSPS) is 17.2. The third-order valence-electron chi connectivity index (χ3n) is 10.3. The summed E-state index contributed by atoms with van der Waals surface area (Å²) in [5.74, 6) is -2.46. The Kier molecular flexibility index (Phi) is 14.6. The van der Waals surface area contributed by atoms with Gasteiger partial charge in [0, 0.05) is 44.6 Å². The van der Waals surface area contributed by atoms with Crippen LogP contribution in [-0.2, 0) is 33.4 Å². The van der Waals surface area contributed by atoms with Crippen LogP contribution in [0.2, 0.25) is 0 Å². The van der Waals surface area contributed by atoms with E-state index in [9.17, 15) is 33.9 Å². The van der Waals surface area contributed by atoms with Crippen molar-refractivity contribution >= 4 is 46.9 Å². The Balaban J connectivity index is 0.827. The van der Waals surface area contributed by atoms with Crippen LogP contribution in [0.4, 0.5) is 11.5 Å². The summed E-state index contributed by atoms with van der Waals surface area (Å²) in [6, 6.07) is 11.5. The topological polar surface area (TPSA) is 245 Å². The number of hydrogen-bond acceptors (Lipinski definition) is 15. The van der Waals surface area contributed by atoms with E-state index in [1.165, 1.54) is 6.07 Å². The Morgan fingerprint density at radius 2 is 1.53 bits per heavy atom. The molecule has 1 aromatic heterocycles. The SMILES string of the molecule is CC(C)C(NC(=O)CCOCCOCCOCCOc1cccc2c1C(=O)N(C1CCC(=O)NC1=O)C2=O)C(=O)N1CCN(c2cc(-c3ccccc3O)nnc2N)CC1. The van der Waals surface area contributed by atoms with Crippen molar-refractivity contribution < 1.29 is 52.8 Å². The molecule has 3 aliphatic heterocycles. The number of amides is 6. The van der Waals surface area contributed by atoms with Crippen molar-refractivity contribution in [2.45, 2.75) is 45.2 Å². The molecule has 6 rings (SSSR count). The van der Waals surface area contributed by atoms with E-state index in [0.717, 1.165) is 4.90 Å². The molecule has 0 radical (unpaired) electrons. The Morgan fingerprint density at radius 3 is 2.22 bits per heavy atom. The van der Waals surface area contributed by atoms with E-state index in [1.54, 1.807) is 47.4 Å². The van der Waals surface area contributed by atoms with Crippen LogP contribution in [0.15, 0.2) is 48.5 Å².